The summed E-state index contributed by atoms with van der Waals surface area (Å²) in [7, 11) is 1.67. The summed E-state index contributed by atoms with van der Waals surface area (Å²) in [6.07, 6.45) is 4.43. The number of aromatic nitrogens is 1. The maximum atomic E-state index is 13.1. The largest absolute Gasteiger partial charge is 0.497 e. The molecule has 1 fully saturated rings. The monoisotopic (exact) mass is 387 g/mol. The topological polar surface area (TPSA) is 54.5 Å². The van der Waals surface area contributed by atoms with Crippen molar-refractivity contribution in [3.8, 4) is 5.75 Å². The number of likely N-dealkylation sites (tertiary alicyclic amines) is 1. The van der Waals surface area contributed by atoms with Gasteiger partial charge in [-0.25, -0.2) is 4.79 Å². The highest BCUT2D eigenvalue weighted by Gasteiger charge is 2.39. The van der Waals surface area contributed by atoms with Crippen molar-refractivity contribution >= 4 is 6.03 Å². The Balaban J connectivity index is 1.60. The number of benzene rings is 2. The maximum absolute atomic E-state index is 13.1. The number of nitrogens with zero attached hydrogens (tertiary/aromatic N) is 2. The van der Waals surface area contributed by atoms with Gasteiger partial charge in [0.05, 0.1) is 13.2 Å². The van der Waals surface area contributed by atoms with Crippen LogP contribution < -0.4 is 10.1 Å². The Kier molecular flexibility index (Phi) is 5.75. The number of hydrogen-bond acceptors (Lipinski definition) is 3. The zero-order chi connectivity index (χ0) is 20.1. The van der Waals surface area contributed by atoms with Crippen molar-refractivity contribution < 1.29 is 9.53 Å². The lowest BCUT2D eigenvalue weighted by molar-refractivity contribution is 0.190. The Morgan fingerprint density at radius 1 is 1.10 bits per heavy atom. The van der Waals surface area contributed by atoms with E-state index < -0.39 is 0 Å². The van der Waals surface area contributed by atoms with Gasteiger partial charge in [-0.05, 0) is 41.3 Å². The van der Waals surface area contributed by atoms with E-state index >= 15 is 0 Å². The zero-order valence-corrected chi connectivity index (χ0v) is 16.5. The molecule has 4 rings (SSSR count). The molecule has 3 aromatic rings. The summed E-state index contributed by atoms with van der Waals surface area (Å²) < 4.78 is 5.43. The number of methoxy groups -OCH3 is 1. The number of nitrogens with one attached hydrogen (secondary N) is 1. The number of rotatable bonds is 5. The van der Waals surface area contributed by atoms with Crippen molar-refractivity contribution in [3.63, 3.8) is 0 Å². The molecule has 1 saturated heterocycles. The number of carbonyl (C=O) groups is 1. The molecule has 2 aromatic carbocycles. The molecule has 0 spiro atoms. The van der Waals surface area contributed by atoms with Crippen LogP contribution in [0.15, 0.2) is 79.1 Å². The minimum atomic E-state index is -0.0555. The molecule has 1 aliphatic rings. The van der Waals surface area contributed by atoms with Crippen molar-refractivity contribution in [3.05, 3.63) is 95.8 Å². The van der Waals surface area contributed by atoms with Crippen LogP contribution in [0.3, 0.4) is 0 Å². The number of carbonyl (C=O) groups excluding carboxylic acids is 1. The number of amides is 2. The normalized spacial score (nSPS) is 18.4. The van der Waals surface area contributed by atoms with Gasteiger partial charge in [-0.15, -0.1) is 0 Å². The molecule has 0 saturated carbocycles. The third kappa shape index (κ3) is 4.24. The molecule has 2 heterocycles. The number of hydrogen-bond donors (Lipinski definition) is 1. The average molecular weight is 387 g/mol. The van der Waals surface area contributed by atoms with Gasteiger partial charge in [-0.1, -0.05) is 48.5 Å². The van der Waals surface area contributed by atoms with Crippen LogP contribution in [0.2, 0.25) is 0 Å². The van der Waals surface area contributed by atoms with Crippen LogP contribution in [0.5, 0.6) is 5.75 Å². The molecule has 5 heteroatoms. The third-order valence-electron chi connectivity index (χ3n) is 5.49. The van der Waals surface area contributed by atoms with E-state index in [-0.39, 0.29) is 18.0 Å². The minimum Gasteiger partial charge on any atom is -0.497 e. The van der Waals surface area contributed by atoms with E-state index in [9.17, 15) is 4.79 Å². The molecule has 148 valence electrons. The van der Waals surface area contributed by atoms with Crippen LogP contribution in [0.25, 0.3) is 0 Å². The van der Waals surface area contributed by atoms with E-state index in [0.29, 0.717) is 13.1 Å². The second-order valence-electron chi connectivity index (χ2n) is 7.24. The van der Waals surface area contributed by atoms with E-state index in [2.05, 4.69) is 40.6 Å². The highest BCUT2D eigenvalue weighted by molar-refractivity contribution is 5.75. The predicted octanol–water partition coefficient (Wildman–Crippen LogP) is 4.53. The second kappa shape index (κ2) is 8.78. The summed E-state index contributed by atoms with van der Waals surface area (Å²) in [4.78, 5) is 19.2. The van der Waals surface area contributed by atoms with Gasteiger partial charge in [0.25, 0.3) is 0 Å². The first-order valence-electron chi connectivity index (χ1n) is 9.88. The highest BCUT2D eigenvalue weighted by Crippen LogP contribution is 2.44. The predicted molar refractivity (Wildman–Crippen MR) is 113 cm³/mol. The fourth-order valence-electron chi connectivity index (χ4n) is 4.09. The van der Waals surface area contributed by atoms with Gasteiger partial charge < -0.3 is 15.0 Å². The zero-order valence-electron chi connectivity index (χ0n) is 16.5. The molecular weight excluding hydrogens is 362 g/mol. The van der Waals surface area contributed by atoms with Crippen LogP contribution in [0.4, 0.5) is 4.79 Å². The summed E-state index contributed by atoms with van der Waals surface area (Å²) in [5.74, 6) is 1.05. The molecule has 5 nitrogen and oxygen atoms in total. The minimum absolute atomic E-state index is 0.0404. The van der Waals surface area contributed by atoms with Gasteiger partial charge in [-0.3, -0.25) is 4.98 Å². The number of ether oxygens (including phenoxy) is 1. The molecule has 0 radical (unpaired) electrons. The van der Waals surface area contributed by atoms with Crippen molar-refractivity contribution in [2.75, 3.05) is 13.7 Å². The van der Waals surface area contributed by atoms with Crippen LogP contribution in [0, 0.1) is 0 Å². The van der Waals surface area contributed by atoms with Crippen LogP contribution >= 0.6 is 0 Å². The number of pyridine rings is 1. The van der Waals surface area contributed by atoms with Gasteiger partial charge in [0.15, 0.2) is 0 Å². The average Bonchev–Trinajstić information content (AvgIpc) is 3.24. The van der Waals surface area contributed by atoms with Crippen molar-refractivity contribution in [2.45, 2.75) is 24.9 Å². The molecule has 1 aromatic heterocycles. The van der Waals surface area contributed by atoms with Gasteiger partial charge in [-0.2, -0.15) is 0 Å². The van der Waals surface area contributed by atoms with Crippen LogP contribution in [0.1, 0.15) is 35.1 Å². The summed E-state index contributed by atoms with van der Waals surface area (Å²) >= 11 is 0. The first-order chi connectivity index (χ1) is 14.3. The van der Waals surface area contributed by atoms with E-state index in [1.807, 2.05) is 41.3 Å². The smallest absolute Gasteiger partial charge is 0.318 e. The quantitative estimate of drug-likeness (QED) is 0.700. The van der Waals surface area contributed by atoms with Crippen LogP contribution in [-0.2, 0) is 6.54 Å². The Hall–Kier alpha value is -3.34. The molecule has 2 amide bonds. The molecule has 0 aliphatic carbocycles. The van der Waals surface area contributed by atoms with Crippen molar-refractivity contribution in [1.82, 2.24) is 15.2 Å². The molecule has 1 N–H and O–H groups in total. The fourth-order valence-corrected chi connectivity index (χ4v) is 4.09. The van der Waals surface area contributed by atoms with Gasteiger partial charge >= 0.3 is 6.03 Å². The lowest BCUT2D eigenvalue weighted by atomic mass is 9.87. The standard InChI is InChI=1S/C24H25N3O2/c1-29-21-11-5-10-20(15-21)23-22(19-8-3-2-4-9-19)12-14-27(23)24(28)26-17-18-7-6-13-25-16-18/h2-11,13,15-16,22-23H,12,14,17H2,1H3,(H,26,28). The summed E-state index contributed by atoms with van der Waals surface area (Å²) in [6, 6.07) is 22.2. The maximum Gasteiger partial charge on any atom is 0.318 e. The van der Waals surface area contributed by atoms with Crippen LogP contribution in [-0.4, -0.2) is 29.6 Å². The van der Waals surface area contributed by atoms with E-state index in [0.717, 1.165) is 23.3 Å². The second-order valence-corrected chi connectivity index (χ2v) is 7.24. The Morgan fingerprint density at radius 3 is 2.69 bits per heavy atom. The Labute approximate surface area is 171 Å². The van der Waals surface area contributed by atoms with Crippen molar-refractivity contribution in [1.29, 1.82) is 0 Å². The summed E-state index contributed by atoms with van der Waals surface area (Å²) in [5, 5.41) is 3.06. The molecule has 0 bridgehead atoms. The molecule has 2 unspecified atom stereocenters. The van der Waals surface area contributed by atoms with E-state index in [1.54, 1.807) is 19.5 Å². The third-order valence-corrected chi connectivity index (χ3v) is 5.49. The molecule has 1 aliphatic heterocycles. The van der Waals surface area contributed by atoms with E-state index in [4.69, 9.17) is 4.74 Å². The van der Waals surface area contributed by atoms with Crippen molar-refractivity contribution in [2.24, 2.45) is 0 Å². The van der Waals surface area contributed by atoms with Gasteiger partial charge in [0.1, 0.15) is 5.75 Å². The highest BCUT2D eigenvalue weighted by atomic mass is 16.5. The summed E-state index contributed by atoms with van der Waals surface area (Å²) in [6.45, 7) is 1.17. The summed E-state index contributed by atoms with van der Waals surface area (Å²) in [5.41, 5.74) is 3.33. The lowest BCUT2D eigenvalue weighted by Gasteiger charge is -2.29. The molecule has 2 atom stereocenters. The number of urea groups is 1. The molecular formula is C24H25N3O2. The SMILES string of the molecule is COc1cccc(C2C(c3ccccc3)CCN2C(=O)NCc2cccnc2)c1. The first-order valence-corrected chi connectivity index (χ1v) is 9.88. The lowest BCUT2D eigenvalue weighted by Crippen LogP contribution is -2.39. The van der Waals surface area contributed by atoms with E-state index in [1.165, 1.54) is 5.56 Å². The Morgan fingerprint density at radius 2 is 1.93 bits per heavy atom. The Bertz CT molecular complexity index is 947. The van der Waals surface area contributed by atoms with Gasteiger partial charge in [0, 0.05) is 31.4 Å². The van der Waals surface area contributed by atoms with Gasteiger partial charge in [0.2, 0.25) is 0 Å². The molecule has 29 heavy (non-hydrogen) atoms. The first kappa shape index (κ1) is 19.0. The fraction of sp³-hybridized carbons (Fsp3) is 0.250.